The molecule has 0 radical (unpaired) electrons. The lowest BCUT2D eigenvalue weighted by atomic mass is 10.0. The number of H-pyrrole nitrogens is 1. The Morgan fingerprint density at radius 3 is 2.59 bits per heavy atom. The molecule has 0 aliphatic carbocycles. The Kier molecular flexibility index (Phi) is 6.82. The molecule has 1 heterocycles. The third-order valence-electron chi connectivity index (χ3n) is 4.86. The standard InChI is InChI=1S/C20H19ClF2N4O4S/c1-11(16-10-25-19(28)14-4-2-12(22)8-15(14)16)27(6-7-32(24,30)31)20(29)26-13-3-5-18(23)17(21)9-13/h2-5,8-11H,6-7H2,1H3,(H,25,28)(H,26,29)(H2,24,30,31)/t11-/m0/s1. The summed E-state index contributed by atoms with van der Waals surface area (Å²) in [4.78, 5) is 28.8. The summed E-state index contributed by atoms with van der Waals surface area (Å²) in [6.45, 7) is 1.27. The summed E-state index contributed by atoms with van der Waals surface area (Å²) < 4.78 is 50.3. The number of rotatable bonds is 6. The number of sulfonamides is 1. The van der Waals surface area contributed by atoms with Crippen LogP contribution in [0.1, 0.15) is 18.5 Å². The minimum absolute atomic E-state index is 0.173. The van der Waals surface area contributed by atoms with E-state index >= 15 is 0 Å². The fourth-order valence-electron chi connectivity index (χ4n) is 3.23. The molecule has 8 nitrogen and oxygen atoms in total. The van der Waals surface area contributed by atoms with E-state index in [0.717, 1.165) is 23.1 Å². The maximum Gasteiger partial charge on any atom is 0.322 e. The molecule has 0 fully saturated rings. The summed E-state index contributed by atoms with van der Waals surface area (Å²) in [5, 5.41) is 7.87. The van der Waals surface area contributed by atoms with E-state index in [1.165, 1.54) is 24.4 Å². The van der Waals surface area contributed by atoms with Crippen molar-refractivity contribution in [2.45, 2.75) is 13.0 Å². The summed E-state index contributed by atoms with van der Waals surface area (Å²) in [5.74, 6) is -1.81. The van der Waals surface area contributed by atoms with Crippen molar-refractivity contribution < 1.29 is 22.0 Å². The van der Waals surface area contributed by atoms with Crippen molar-refractivity contribution >= 4 is 44.1 Å². The number of aromatic nitrogens is 1. The van der Waals surface area contributed by atoms with Crippen molar-refractivity contribution in [1.82, 2.24) is 9.88 Å². The number of hydrogen-bond acceptors (Lipinski definition) is 4. The van der Waals surface area contributed by atoms with Crippen LogP contribution in [0.25, 0.3) is 10.8 Å². The number of aromatic amines is 1. The van der Waals surface area contributed by atoms with Gasteiger partial charge in [-0.1, -0.05) is 11.6 Å². The third-order valence-corrected chi connectivity index (χ3v) is 5.90. The zero-order chi connectivity index (χ0) is 23.6. The molecular formula is C20H19ClF2N4O4S. The van der Waals surface area contributed by atoms with Gasteiger partial charge in [0, 0.05) is 23.8 Å². The lowest BCUT2D eigenvalue weighted by Crippen LogP contribution is -2.41. The largest absolute Gasteiger partial charge is 0.328 e. The fraction of sp³-hybridized carbons (Fsp3) is 0.200. The molecule has 32 heavy (non-hydrogen) atoms. The first-order valence-electron chi connectivity index (χ1n) is 9.30. The summed E-state index contributed by atoms with van der Waals surface area (Å²) >= 11 is 5.75. The maximum atomic E-state index is 13.9. The first kappa shape index (κ1) is 23.6. The van der Waals surface area contributed by atoms with Crippen molar-refractivity contribution in [3.8, 4) is 0 Å². The van der Waals surface area contributed by atoms with E-state index in [-0.39, 0.29) is 28.0 Å². The van der Waals surface area contributed by atoms with E-state index in [9.17, 15) is 26.8 Å². The summed E-state index contributed by atoms with van der Waals surface area (Å²) in [6.07, 6.45) is 1.33. The number of nitrogens with one attached hydrogen (secondary N) is 2. The molecule has 1 atom stereocenters. The third kappa shape index (κ3) is 5.42. The Hall–Kier alpha value is -3.02. The van der Waals surface area contributed by atoms with Crippen LogP contribution in [0.4, 0.5) is 19.3 Å². The van der Waals surface area contributed by atoms with Gasteiger partial charge in [-0.3, -0.25) is 4.79 Å². The van der Waals surface area contributed by atoms with E-state index in [1.807, 2.05) is 0 Å². The Balaban J connectivity index is 2.01. The summed E-state index contributed by atoms with van der Waals surface area (Å²) in [7, 11) is -3.92. The Bertz CT molecular complexity index is 1350. The minimum Gasteiger partial charge on any atom is -0.328 e. The molecule has 2 amide bonds. The molecular weight excluding hydrogens is 466 g/mol. The van der Waals surface area contributed by atoms with Gasteiger partial charge in [0.1, 0.15) is 11.6 Å². The number of halogens is 3. The van der Waals surface area contributed by atoms with Crippen LogP contribution < -0.4 is 16.0 Å². The Labute approximate surface area is 187 Å². The van der Waals surface area contributed by atoms with Crippen molar-refractivity contribution in [2.24, 2.45) is 5.14 Å². The molecule has 170 valence electrons. The highest BCUT2D eigenvalue weighted by molar-refractivity contribution is 7.89. The molecule has 0 bridgehead atoms. The Morgan fingerprint density at radius 1 is 1.22 bits per heavy atom. The van der Waals surface area contributed by atoms with Gasteiger partial charge in [-0.15, -0.1) is 0 Å². The van der Waals surface area contributed by atoms with Crippen LogP contribution in [-0.2, 0) is 10.0 Å². The number of benzene rings is 2. The van der Waals surface area contributed by atoms with Gasteiger partial charge >= 0.3 is 6.03 Å². The van der Waals surface area contributed by atoms with Crippen molar-refractivity contribution in [1.29, 1.82) is 0 Å². The molecule has 0 unspecified atom stereocenters. The van der Waals surface area contributed by atoms with E-state index in [2.05, 4.69) is 10.3 Å². The highest BCUT2D eigenvalue weighted by Crippen LogP contribution is 2.28. The van der Waals surface area contributed by atoms with E-state index in [0.29, 0.717) is 5.56 Å². The highest BCUT2D eigenvalue weighted by atomic mass is 35.5. The number of nitrogens with zero attached hydrogens (tertiary/aromatic N) is 1. The molecule has 0 aliphatic rings. The van der Waals surface area contributed by atoms with Crippen LogP contribution in [0.5, 0.6) is 0 Å². The minimum atomic E-state index is -3.92. The van der Waals surface area contributed by atoms with Crippen LogP contribution in [-0.4, -0.2) is 36.6 Å². The molecule has 0 spiro atoms. The molecule has 12 heteroatoms. The predicted octanol–water partition coefficient (Wildman–Crippen LogP) is 3.34. The van der Waals surface area contributed by atoms with Gasteiger partial charge in [0.25, 0.3) is 5.56 Å². The molecule has 2 aromatic carbocycles. The van der Waals surface area contributed by atoms with Crippen molar-refractivity contribution in [2.75, 3.05) is 17.6 Å². The smallest absolute Gasteiger partial charge is 0.322 e. The first-order valence-corrected chi connectivity index (χ1v) is 11.4. The number of primary sulfonamides is 1. The van der Waals surface area contributed by atoms with Crippen LogP contribution in [0.15, 0.2) is 47.4 Å². The second-order valence-corrected chi connectivity index (χ2v) is 9.20. The number of amides is 2. The van der Waals surface area contributed by atoms with Crippen LogP contribution in [0, 0.1) is 11.6 Å². The van der Waals surface area contributed by atoms with Crippen LogP contribution in [0.3, 0.4) is 0 Å². The summed E-state index contributed by atoms with van der Waals surface area (Å²) in [6, 6.07) is 5.60. The molecule has 0 aliphatic heterocycles. The monoisotopic (exact) mass is 484 g/mol. The van der Waals surface area contributed by atoms with Gasteiger partial charge in [-0.2, -0.15) is 0 Å². The number of nitrogens with two attached hydrogens (primary N) is 1. The summed E-state index contributed by atoms with van der Waals surface area (Å²) in [5.41, 5.74) is 0.102. The predicted molar refractivity (Wildman–Crippen MR) is 118 cm³/mol. The highest BCUT2D eigenvalue weighted by Gasteiger charge is 2.25. The SMILES string of the molecule is C[C@@H](c1c[nH]c(=O)c2ccc(F)cc12)N(CCS(N)(=O)=O)C(=O)Nc1ccc(F)c(Cl)c1. The molecule has 3 aromatic rings. The average Bonchev–Trinajstić information content (AvgIpc) is 2.70. The lowest BCUT2D eigenvalue weighted by molar-refractivity contribution is 0.197. The average molecular weight is 485 g/mol. The molecule has 4 N–H and O–H groups in total. The zero-order valence-electron chi connectivity index (χ0n) is 16.7. The number of urea groups is 1. The normalized spacial score (nSPS) is 12.5. The van der Waals surface area contributed by atoms with Gasteiger partial charge in [0.15, 0.2) is 0 Å². The fourth-order valence-corrected chi connectivity index (χ4v) is 3.86. The topological polar surface area (TPSA) is 125 Å². The van der Waals surface area contributed by atoms with Crippen LogP contribution >= 0.6 is 11.6 Å². The Morgan fingerprint density at radius 2 is 1.94 bits per heavy atom. The maximum absolute atomic E-state index is 13.9. The van der Waals surface area contributed by atoms with Gasteiger partial charge in [-0.05, 0) is 54.3 Å². The molecule has 0 saturated heterocycles. The molecule has 3 rings (SSSR count). The first-order chi connectivity index (χ1) is 15.0. The van der Waals surface area contributed by atoms with E-state index in [4.69, 9.17) is 16.7 Å². The van der Waals surface area contributed by atoms with Gasteiger partial charge < -0.3 is 15.2 Å². The number of anilines is 1. The van der Waals surface area contributed by atoms with Gasteiger partial charge in [0.05, 0.1) is 16.8 Å². The second-order valence-electron chi connectivity index (χ2n) is 7.06. The van der Waals surface area contributed by atoms with E-state index in [1.54, 1.807) is 6.92 Å². The lowest BCUT2D eigenvalue weighted by Gasteiger charge is -2.30. The number of pyridine rings is 1. The van der Waals surface area contributed by atoms with Gasteiger partial charge in [-0.25, -0.2) is 27.1 Å². The van der Waals surface area contributed by atoms with Crippen molar-refractivity contribution in [3.05, 3.63) is 75.2 Å². The quantitative estimate of drug-likeness (QED) is 0.496. The molecule has 0 saturated carbocycles. The number of carbonyl (C=O) groups excluding carboxylic acids is 1. The van der Waals surface area contributed by atoms with Gasteiger partial charge in [0.2, 0.25) is 10.0 Å². The molecule has 1 aromatic heterocycles. The zero-order valence-corrected chi connectivity index (χ0v) is 18.3. The van der Waals surface area contributed by atoms with Crippen LogP contribution in [0.2, 0.25) is 5.02 Å². The van der Waals surface area contributed by atoms with E-state index < -0.39 is 45.0 Å². The number of hydrogen-bond donors (Lipinski definition) is 3. The second kappa shape index (κ2) is 9.23. The number of fused-ring (bicyclic) bond motifs is 1. The number of carbonyl (C=O) groups is 1. The van der Waals surface area contributed by atoms with Crippen molar-refractivity contribution in [3.63, 3.8) is 0 Å².